The second-order valence-corrected chi connectivity index (χ2v) is 15.7. The van der Waals surface area contributed by atoms with Crippen LogP contribution >= 0.6 is 0 Å². The van der Waals surface area contributed by atoms with E-state index in [0.29, 0.717) is 0 Å². The summed E-state index contributed by atoms with van der Waals surface area (Å²) in [5.41, 5.74) is 15.3. The summed E-state index contributed by atoms with van der Waals surface area (Å²) in [6, 6.07) is 90.4. The fourth-order valence-corrected chi connectivity index (χ4v) is 9.04. The van der Waals surface area contributed by atoms with Crippen LogP contribution in [0.15, 0.2) is 249 Å². The first-order valence-corrected chi connectivity index (χ1v) is 21.0. The van der Waals surface area contributed by atoms with Crippen LogP contribution in [-0.2, 0) is 0 Å². The maximum Gasteiger partial charge on any atom is 0.0467 e. The molecule has 11 aromatic carbocycles. The average Bonchev–Trinajstić information content (AvgIpc) is 3.35. The molecule has 1 nitrogen and oxygen atoms in total. The molecule has 0 unspecified atom stereocenters. The Bertz CT molecular complexity index is 3230. The van der Waals surface area contributed by atoms with Gasteiger partial charge in [0.25, 0.3) is 0 Å². The Balaban J connectivity index is 1.05. The van der Waals surface area contributed by atoms with E-state index in [9.17, 15) is 0 Å². The van der Waals surface area contributed by atoms with Gasteiger partial charge in [-0.3, -0.25) is 0 Å². The molecule has 0 aliphatic rings. The average molecular weight is 776 g/mol. The molecule has 0 bridgehead atoms. The minimum absolute atomic E-state index is 1.09. The number of rotatable bonds is 8. The second-order valence-electron chi connectivity index (χ2n) is 15.7. The lowest BCUT2D eigenvalue weighted by Crippen LogP contribution is -2.10. The van der Waals surface area contributed by atoms with Gasteiger partial charge in [0, 0.05) is 17.1 Å². The predicted molar refractivity (Wildman–Crippen MR) is 261 cm³/mol. The van der Waals surface area contributed by atoms with Gasteiger partial charge >= 0.3 is 0 Å². The number of hydrogen-bond donors (Lipinski definition) is 0. The summed E-state index contributed by atoms with van der Waals surface area (Å²) < 4.78 is 0. The molecule has 286 valence electrons. The molecule has 0 fully saturated rings. The van der Waals surface area contributed by atoms with Crippen molar-refractivity contribution in [3.05, 3.63) is 249 Å². The highest BCUT2D eigenvalue weighted by Crippen LogP contribution is 2.44. The van der Waals surface area contributed by atoms with Gasteiger partial charge in [-0.25, -0.2) is 0 Å². The summed E-state index contributed by atoms with van der Waals surface area (Å²) in [6.45, 7) is 0. The summed E-state index contributed by atoms with van der Waals surface area (Å²) in [7, 11) is 0. The van der Waals surface area contributed by atoms with Crippen molar-refractivity contribution in [2.75, 3.05) is 4.90 Å². The third kappa shape index (κ3) is 6.83. The Hall–Kier alpha value is -8.00. The van der Waals surface area contributed by atoms with Crippen LogP contribution in [0.25, 0.3) is 88.0 Å². The largest absolute Gasteiger partial charge is 0.310 e. The maximum atomic E-state index is 2.42. The molecule has 11 aromatic rings. The van der Waals surface area contributed by atoms with Crippen LogP contribution in [-0.4, -0.2) is 0 Å². The number of nitrogens with zero attached hydrogens (tertiary/aromatic N) is 1. The van der Waals surface area contributed by atoms with Gasteiger partial charge in [0.2, 0.25) is 0 Å². The normalized spacial score (nSPS) is 11.3. The lowest BCUT2D eigenvalue weighted by Gasteiger charge is -2.26. The van der Waals surface area contributed by atoms with E-state index in [1.54, 1.807) is 0 Å². The summed E-state index contributed by atoms with van der Waals surface area (Å²) >= 11 is 0. The first kappa shape index (κ1) is 36.1. The molecule has 0 aliphatic carbocycles. The third-order valence-corrected chi connectivity index (χ3v) is 12.1. The molecule has 0 spiro atoms. The molecule has 0 aromatic heterocycles. The highest BCUT2D eigenvalue weighted by Gasteiger charge is 2.18. The predicted octanol–water partition coefficient (Wildman–Crippen LogP) is 17.0. The van der Waals surface area contributed by atoms with E-state index in [4.69, 9.17) is 0 Å². The smallest absolute Gasteiger partial charge is 0.0467 e. The molecule has 61 heavy (non-hydrogen) atoms. The zero-order chi connectivity index (χ0) is 40.5. The number of hydrogen-bond acceptors (Lipinski definition) is 1. The van der Waals surface area contributed by atoms with Gasteiger partial charge in [0.1, 0.15) is 0 Å². The molecular weight excluding hydrogens is 735 g/mol. The van der Waals surface area contributed by atoms with Crippen molar-refractivity contribution in [1.82, 2.24) is 0 Å². The Morgan fingerprint density at radius 3 is 1.31 bits per heavy atom. The van der Waals surface area contributed by atoms with Crippen LogP contribution in [0.3, 0.4) is 0 Å². The number of fused-ring (bicyclic) bond motifs is 5. The van der Waals surface area contributed by atoms with Crippen LogP contribution in [0.2, 0.25) is 0 Å². The Morgan fingerprint density at radius 2 is 0.672 bits per heavy atom. The highest BCUT2D eigenvalue weighted by atomic mass is 15.1. The van der Waals surface area contributed by atoms with Gasteiger partial charge in [-0.2, -0.15) is 0 Å². The van der Waals surface area contributed by atoms with Crippen LogP contribution in [0, 0.1) is 0 Å². The number of anilines is 3. The maximum absolute atomic E-state index is 2.42. The zero-order valence-corrected chi connectivity index (χ0v) is 33.6. The van der Waals surface area contributed by atoms with E-state index >= 15 is 0 Å². The van der Waals surface area contributed by atoms with E-state index in [2.05, 4.69) is 254 Å². The SMILES string of the molecule is c1ccc(-c2ccc(N(c3ccc(-c4ccccc4)cc3)c3cccc(-c4ccc(-c5cc6c7ccccc7ccc6c6ccccc56)c(-c5ccccc5)c4)c3)cc2)cc1. The Morgan fingerprint density at radius 1 is 0.197 bits per heavy atom. The molecule has 0 radical (unpaired) electrons. The molecular formula is C60H41N. The highest BCUT2D eigenvalue weighted by molar-refractivity contribution is 6.21. The summed E-state index contributed by atoms with van der Waals surface area (Å²) in [5, 5.41) is 7.60. The van der Waals surface area contributed by atoms with E-state index in [1.807, 2.05) is 0 Å². The lowest BCUT2D eigenvalue weighted by atomic mass is 9.86. The van der Waals surface area contributed by atoms with Gasteiger partial charge in [-0.15, -0.1) is 0 Å². The van der Waals surface area contributed by atoms with Gasteiger partial charge in [0.15, 0.2) is 0 Å². The fourth-order valence-electron chi connectivity index (χ4n) is 9.04. The molecule has 0 aliphatic heterocycles. The van der Waals surface area contributed by atoms with Crippen molar-refractivity contribution in [3.63, 3.8) is 0 Å². The molecule has 0 saturated carbocycles. The second kappa shape index (κ2) is 15.6. The molecule has 0 N–H and O–H groups in total. The van der Waals surface area contributed by atoms with Gasteiger partial charge < -0.3 is 4.90 Å². The first-order valence-electron chi connectivity index (χ1n) is 21.0. The van der Waals surface area contributed by atoms with Crippen molar-refractivity contribution in [3.8, 4) is 55.6 Å². The lowest BCUT2D eigenvalue weighted by molar-refractivity contribution is 1.28. The Labute approximate surface area is 357 Å². The number of benzene rings is 11. The van der Waals surface area contributed by atoms with Crippen molar-refractivity contribution >= 4 is 49.4 Å². The van der Waals surface area contributed by atoms with E-state index in [1.165, 1.54) is 82.4 Å². The molecule has 1 heteroatoms. The van der Waals surface area contributed by atoms with Gasteiger partial charge in [-0.05, 0) is 136 Å². The summed E-state index contributed by atoms with van der Waals surface area (Å²) in [6.07, 6.45) is 0. The Kier molecular flexibility index (Phi) is 9.26. The summed E-state index contributed by atoms with van der Waals surface area (Å²) in [5.74, 6) is 0. The van der Waals surface area contributed by atoms with Crippen LogP contribution < -0.4 is 4.90 Å². The molecule has 0 saturated heterocycles. The van der Waals surface area contributed by atoms with Crippen molar-refractivity contribution in [2.45, 2.75) is 0 Å². The van der Waals surface area contributed by atoms with Gasteiger partial charge in [0.05, 0.1) is 0 Å². The van der Waals surface area contributed by atoms with Crippen LogP contribution in [0.4, 0.5) is 17.1 Å². The van der Waals surface area contributed by atoms with Crippen LogP contribution in [0.5, 0.6) is 0 Å². The van der Waals surface area contributed by atoms with Gasteiger partial charge in [-0.1, -0.05) is 200 Å². The first-order chi connectivity index (χ1) is 30.2. The monoisotopic (exact) mass is 775 g/mol. The van der Waals surface area contributed by atoms with Crippen molar-refractivity contribution in [2.24, 2.45) is 0 Å². The third-order valence-electron chi connectivity index (χ3n) is 12.1. The molecule has 0 amide bonds. The zero-order valence-electron chi connectivity index (χ0n) is 33.6. The summed E-state index contributed by atoms with van der Waals surface area (Å²) in [4.78, 5) is 2.37. The molecule has 11 rings (SSSR count). The van der Waals surface area contributed by atoms with E-state index in [-0.39, 0.29) is 0 Å². The van der Waals surface area contributed by atoms with E-state index < -0.39 is 0 Å². The fraction of sp³-hybridized carbons (Fsp3) is 0. The van der Waals surface area contributed by atoms with Crippen LogP contribution in [0.1, 0.15) is 0 Å². The topological polar surface area (TPSA) is 3.24 Å². The quantitative estimate of drug-likeness (QED) is 0.139. The van der Waals surface area contributed by atoms with Crippen molar-refractivity contribution < 1.29 is 0 Å². The minimum atomic E-state index is 1.09. The standard InChI is InChI=1S/C60H41N/c1-4-15-42(16-5-1)44-27-33-50(34-28-44)61(51-35-29-45(30-36-51)43-17-6-2-7-18-43)52-23-14-22-48(39-52)49-32-38-57(58(40-49)46-19-8-3-9-20-46)60-41-59-53-24-11-10-21-47(53)31-37-56(59)54-25-12-13-26-55(54)60/h1-41H. The molecule has 0 atom stereocenters. The van der Waals surface area contributed by atoms with E-state index in [0.717, 1.165) is 22.6 Å². The minimum Gasteiger partial charge on any atom is -0.310 e. The molecule has 0 heterocycles. The van der Waals surface area contributed by atoms with Crippen molar-refractivity contribution in [1.29, 1.82) is 0 Å².